The summed E-state index contributed by atoms with van der Waals surface area (Å²) in [7, 11) is 1.68. The third-order valence-corrected chi connectivity index (χ3v) is 3.41. The second kappa shape index (κ2) is 8.68. The molecule has 0 saturated heterocycles. The van der Waals surface area contributed by atoms with Gasteiger partial charge in [0.05, 0.1) is 7.11 Å². The monoisotopic (exact) mass is 274 g/mol. The Hall–Kier alpha value is -1.37. The number of hydrogen-bond acceptors (Lipinski definition) is 2. The summed E-state index contributed by atoms with van der Waals surface area (Å²) in [4.78, 5) is 1.20. The standard InChI is InChI=1S/C17H22OS/c1-14(2)6-5-7-15(3)12-13-19-17-10-8-16(18-4)9-11-17/h6,8-11,13H,5,7H2,1-4H3. The molecule has 0 radical (unpaired) electrons. The molecule has 1 rings (SSSR count). The number of allylic oxidation sites excluding steroid dienone is 3. The first-order valence-electron chi connectivity index (χ1n) is 6.46. The van der Waals surface area contributed by atoms with Crippen molar-refractivity contribution in [2.75, 3.05) is 7.11 Å². The molecule has 0 saturated carbocycles. The van der Waals surface area contributed by atoms with E-state index in [2.05, 4.69) is 44.7 Å². The van der Waals surface area contributed by atoms with Gasteiger partial charge in [0.15, 0.2) is 0 Å². The average molecular weight is 274 g/mol. The summed E-state index contributed by atoms with van der Waals surface area (Å²) in [6, 6.07) is 8.06. The lowest BCUT2D eigenvalue weighted by atomic mass is 10.1. The summed E-state index contributed by atoms with van der Waals surface area (Å²) in [6.07, 6.45) is 4.44. The quantitative estimate of drug-likeness (QED) is 0.380. The number of methoxy groups -OCH3 is 1. The van der Waals surface area contributed by atoms with E-state index in [0.717, 1.165) is 18.6 Å². The van der Waals surface area contributed by atoms with Crippen molar-refractivity contribution < 1.29 is 4.74 Å². The molecule has 0 spiro atoms. The van der Waals surface area contributed by atoms with Gasteiger partial charge in [0.25, 0.3) is 0 Å². The Morgan fingerprint density at radius 1 is 1.21 bits per heavy atom. The molecule has 0 fully saturated rings. The van der Waals surface area contributed by atoms with Crippen molar-refractivity contribution in [3.63, 3.8) is 0 Å². The lowest BCUT2D eigenvalue weighted by Gasteiger charge is -1.99. The highest BCUT2D eigenvalue weighted by molar-refractivity contribution is 8.02. The molecule has 0 N–H and O–H groups in total. The van der Waals surface area contributed by atoms with Crippen LogP contribution >= 0.6 is 11.8 Å². The molecular weight excluding hydrogens is 252 g/mol. The van der Waals surface area contributed by atoms with Crippen LogP contribution in [-0.4, -0.2) is 7.11 Å². The topological polar surface area (TPSA) is 9.23 Å². The first-order valence-corrected chi connectivity index (χ1v) is 7.34. The SMILES string of the molecule is COc1ccc(SC=C=C(C)CCC=C(C)C)cc1. The highest BCUT2D eigenvalue weighted by atomic mass is 32.2. The van der Waals surface area contributed by atoms with Crippen LogP contribution in [0.3, 0.4) is 0 Å². The van der Waals surface area contributed by atoms with Crippen molar-refractivity contribution >= 4 is 11.8 Å². The van der Waals surface area contributed by atoms with Crippen LogP contribution in [-0.2, 0) is 0 Å². The molecule has 0 amide bonds. The summed E-state index contributed by atoms with van der Waals surface area (Å²) in [5.41, 5.74) is 6.00. The van der Waals surface area contributed by atoms with Crippen LogP contribution in [0.15, 0.2) is 57.5 Å². The fourth-order valence-electron chi connectivity index (χ4n) is 1.50. The minimum Gasteiger partial charge on any atom is -0.497 e. The van der Waals surface area contributed by atoms with Crippen LogP contribution in [0.4, 0.5) is 0 Å². The normalized spacial score (nSPS) is 9.47. The smallest absolute Gasteiger partial charge is 0.118 e. The van der Waals surface area contributed by atoms with Crippen molar-refractivity contribution in [3.05, 3.63) is 52.6 Å². The molecule has 1 aromatic carbocycles. The predicted molar refractivity (Wildman–Crippen MR) is 84.8 cm³/mol. The van der Waals surface area contributed by atoms with E-state index in [1.165, 1.54) is 16.0 Å². The van der Waals surface area contributed by atoms with Crippen molar-refractivity contribution in [3.8, 4) is 5.75 Å². The minimum atomic E-state index is 0.891. The molecule has 0 heterocycles. The van der Waals surface area contributed by atoms with Gasteiger partial charge in [-0.15, -0.1) is 5.73 Å². The Morgan fingerprint density at radius 2 is 1.89 bits per heavy atom. The molecule has 19 heavy (non-hydrogen) atoms. The van der Waals surface area contributed by atoms with E-state index in [1.807, 2.05) is 17.5 Å². The van der Waals surface area contributed by atoms with Crippen molar-refractivity contribution in [1.29, 1.82) is 0 Å². The van der Waals surface area contributed by atoms with Crippen LogP contribution < -0.4 is 4.74 Å². The van der Waals surface area contributed by atoms with Crippen LogP contribution in [0.5, 0.6) is 5.75 Å². The average Bonchev–Trinajstić information content (AvgIpc) is 2.39. The summed E-state index contributed by atoms with van der Waals surface area (Å²) < 4.78 is 5.13. The number of rotatable bonds is 6. The van der Waals surface area contributed by atoms with Gasteiger partial charge in [0, 0.05) is 10.3 Å². The van der Waals surface area contributed by atoms with E-state index in [9.17, 15) is 0 Å². The Balaban J connectivity index is 2.48. The van der Waals surface area contributed by atoms with E-state index < -0.39 is 0 Å². The summed E-state index contributed by atoms with van der Waals surface area (Å²) >= 11 is 1.68. The number of benzene rings is 1. The van der Waals surface area contributed by atoms with Crippen LogP contribution in [0.25, 0.3) is 0 Å². The van der Waals surface area contributed by atoms with Gasteiger partial charge in [0.1, 0.15) is 5.75 Å². The first-order chi connectivity index (χ1) is 9.11. The zero-order valence-electron chi connectivity index (χ0n) is 12.2. The Morgan fingerprint density at radius 3 is 2.47 bits per heavy atom. The molecule has 0 unspecified atom stereocenters. The highest BCUT2D eigenvalue weighted by Gasteiger charge is 1.92. The predicted octanol–water partition coefficient (Wildman–Crippen LogP) is 5.59. The van der Waals surface area contributed by atoms with E-state index in [0.29, 0.717) is 0 Å². The second-order valence-corrected chi connectivity index (χ2v) is 5.60. The summed E-state index contributed by atoms with van der Waals surface area (Å²) in [6.45, 7) is 6.40. The van der Waals surface area contributed by atoms with Crippen LogP contribution in [0.1, 0.15) is 33.6 Å². The maximum absolute atomic E-state index is 5.13. The third kappa shape index (κ3) is 6.95. The molecule has 0 atom stereocenters. The van der Waals surface area contributed by atoms with E-state index in [4.69, 9.17) is 4.74 Å². The lowest BCUT2D eigenvalue weighted by molar-refractivity contribution is 0.414. The van der Waals surface area contributed by atoms with Gasteiger partial charge < -0.3 is 4.74 Å². The molecule has 0 aliphatic carbocycles. The molecule has 0 aliphatic heterocycles. The first kappa shape index (κ1) is 15.7. The Labute approximate surface area is 121 Å². The largest absolute Gasteiger partial charge is 0.497 e. The maximum Gasteiger partial charge on any atom is 0.118 e. The Kier molecular flexibility index (Phi) is 7.17. The van der Waals surface area contributed by atoms with Gasteiger partial charge in [-0.25, -0.2) is 0 Å². The lowest BCUT2D eigenvalue weighted by Crippen LogP contribution is -1.80. The molecule has 1 nitrogen and oxygen atoms in total. The molecule has 2 heteroatoms. The van der Waals surface area contributed by atoms with Crippen molar-refractivity contribution in [2.45, 2.75) is 38.5 Å². The van der Waals surface area contributed by atoms with Gasteiger partial charge in [-0.1, -0.05) is 23.4 Å². The highest BCUT2D eigenvalue weighted by Crippen LogP contribution is 2.22. The van der Waals surface area contributed by atoms with E-state index >= 15 is 0 Å². The van der Waals surface area contributed by atoms with Crippen LogP contribution in [0, 0.1) is 0 Å². The molecule has 1 aromatic rings. The van der Waals surface area contributed by atoms with Gasteiger partial charge in [-0.2, -0.15) is 0 Å². The fraction of sp³-hybridized carbons (Fsp3) is 0.353. The Bertz CT molecular complexity index is 472. The molecule has 0 aliphatic rings. The van der Waals surface area contributed by atoms with Crippen molar-refractivity contribution in [2.24, 2.45) is 0 Å². The van der Waals surface area contributed by atoms with Gasteiger partial charge in [0.2, 0.25) is 0 Å². The minimum absolute atomic E-state index is 0.891. The summed E-state index contributed by atoms with van der Waals surface area (Å²) in [5.74, 6) is 0.891. The summed E-state index contributed by atoms with van der Waals surface area (Å²) in [5, 5.41) is 2.03. The molecule has 102 valence electrons. The number of hydrogen-bond donors (Lipinski definition) is 0. The zero-order chi connectivity index (χ0) is 14.1. The zero-order valence-corrected chi connectivity index (χ0v) is 13.0. The van der Waals surface area contributed by atoms with E-state index in [-0.39, 0.29) is 0 Å². The molecular formula is C17H22OS. The number of thioether (sulfide) groups is 1. The van der Waals surface area contributed by atoms with Gasteiger partial charge >= 0.3 is 0 Å². The van der Waals surface area contributed by atoms with Gasteiger partial charge in [-0.3, -0.25) is 0 Å². The second-order valence-electron chi connectivity index (χ2n) is 4.66. The third-order valence-electron chi connectivity index (χ3n) is 2.63. The maximum atomic E-state index is 5.13. The number of ether oxygens (including phenoxy) is 1. The molecule has 0 bridgehead atoms. The van der Waals surface area contributed by atoms with Crippen LogP contribution in [0.2, 0.25) is 0 Å². The fourth-order valence-corrected chi connectivity index (χ4v) is 2.19. The van der Waals surface area contributed by atoms with E-state index in [1.54, 1.807) is 18.9 Å². The van der Waals surface area contributed by atoms with Gasteiger partial charge in [-0.05, 0) is 63.5 Å². The van der Waals surface area contributed by atoms with Crippen molar-refractivity contribution in [1.82, 2.24) is 0 Å². The molecule has 0 aromatic heterocycles.